The topological polar surface area (TPSA) is 85.7 Å². The standard InChI is InChI=1S/C22H24ClF4N3O3/c1-13-8-15(2-3-17(13)22(25,26)27)29-20(33)30-6-4-21(24,5-7-30)19-18(23)10-14(11-28-19)9-16(32)12-31/h2-3,8,10-11,16,31-32H,4-7,9,12H2,1H3,(H,29,33)/t16-/m1/s1. The molecule has 1 aliphatic heterocycles. The van der Waals surface area contributed by atoms with Gasteiger partial charge in [0.05, 0.1) is 29.0 Å². The maximum atomic E-state index is 15.6. The molecule has 11 heteroatoms. The first-order valence-electron chi connectivity index (χ1n) is 10.3. The quantitative estimate of drug-likeness (QED) is 0.542. The number of hydrogen-bond acceptors (Lipinski definition) is 4. The van der Waals surface area contributed by atoms with E-state index in [0.29, 0.717) is 5.56 Å². The summed E-state index contributed by atoms with van der Waals surface area (Å²) >= 11 is 6.23. The molecule has 0 saturated carbocycles. The van der Waals surface area contributed by atoms with E-state index < -0.39 is 36.2 Å². The molecule has 6 nitrogen and oxygen atoms in total. The highest BCUT2D eigenvalue weighted by Crippen LogP contribution is 2.40. The minimum atomic E-state index is -4.48. The van der Waals surface area contributed by atoms with Crippen LogP contribution in [0.15, 0.2) is 30.5 Å². The van der Waals surface area contributed by atoms with Gasteiger partial charge in [-0.15, -0.1) is 0 Å². The van der Waals surface area contributed by atoms with E-state index in [0.717, 1.165) is 6.07 Å². The fourth-order valence-corrected chi connectivity index (χ4v) is 4.18. The summed E-state index contributed by atoms with van der Waals surface area (Å²) in [4.78, 5) is 18.0. The number of rotatable bonds is 5. The summed E-state index contributed by atoms with van der Waals surface area (Å²) in [5.74, 6) is 0. The van der Waals surface area contributed by atoms with Crippen LogP contribution in [-0.4, -0.2) is 51.9 Å². The van der Waals surface area contributed by atoms with Crippen LogP contribution in [0.4, 0.5) is 28.0 Å². The highest BCUT2D eigenvalue weighted by molar-refractivity contribution is 6.31. The van der Waals surface area contributed by atoms with Crippen LogP contribution in [-0.2, 0) is 18.3 Å². The van der Waals surface area contributed by atoms with Crippen molar-refractivity contribution in [2.45, 2.75) is 44.1 Å². The van der Waals surface area contributed by atoms with Crippen LogP contribution < -0.4 is 5.32 Å². The Morgan fingerprint density at radius 3 is 2.52 bits per heavy atom. The number of benzene rings is 1. The number of urea groups is 1. The summed E-state index contributed by atoms with van der Waals surface area (Å²) in [6, 6.07) is 4.28. The lowest BCUT2D eigenvalue weighted by Crippen LogP contribution is -2.45. The largest absolute Gasteiger partial charge is 0.416 e. The molecule has 2 amide bonds. The van der Waals surface area contributed by atoms with E-state index in [1.54, 1.807) is 0 Å². The number of nitrogens with one attached hydrogen (secondary N) is 1. The van der Waals surface area contributed by atoms with Gasteiger partial charge < -0.3 is 20.4 Å². The van der Waals surface area contributed by atoms with Crippen LogP contribution in [0.5, 0.6) is 0 Å². The molecule has 0 spiro atoms. The Hall–Kier alpha value is -2.43. The molecule has 1 aromatic heterocycles. The average molecular weight is 490 g/mol. The second-order valence-corrected chi connectivity index (χ2v) is 8.53. The summed E-state index contributed by atoms with van der Waals surface area (Å²) in [6.45, 7) is 1.01. The first-order valence-corrected chi connectivity index (χ1v) is 10.7. The summed E-state index contributed by atoms with van der Waals surface area (Å²) in [5, 5.41) is 21.1. The van der Waals surface area contributed by atoms with Crippen LogP contribution in [0.3, 0.4) is 0 Å². The molecule has 1 fully saturated rings. The van der Waals surface area contributed by atoms with Crippen molar-refractivity contribution >= 4 is 23.3 Å². The number of aryl methyl sites for hydroxylation is 1. The van der Waals surface area contributed by atoms with Gasteiger partial charge in [0.25, 0.3) is 0 Å². The number of alkyl halides is 4. The van der Waals surface area contributed by atoms with Crippen LogP contribution in [0.25, 0.3) is 0 Å². The van der Waals surface area contributed by atoms with Gasteiger partial charge >= 0.3 is 12.2 Å². The molecular formula is C22H24ClF4N3O3. The fraction of sp³-hybridized carbons (Fsp3) is 0.455. The highest BCUT2D eigenvalue weighted by Gasteiger charge is 2.40. The number of anilines is 1. The Bertz CT molecular complexity index is 1010. The third-order valence-electron chi connectivity index (χ3n) is 5.63. The molecule has 0 aliphatic carbocycles. The second kappa shape index (κ2) is 9.82. The highest BCUT2D eigenvalue weighted by atomic mass is 35.5. The minimum Gasteiger partial charge on any atom is -0.394 e. The Morgan fingerprint density at radius 2 is 1.97 bits per heavy atom. The SMILES string of the molecule is Cc1cc(NC(=O)N2CCC(F)(c3ncc(C[C@@H](O)CO)cc3Cl)CC2)ccc1C(F)(F)F. The van der Waals surface area contributed by atoms with Crippen LogP contribution in [0, 0.1) is 6.92 Å². The number of aliphatic hydroxyl groups is 2. The number of piperidine rings is 1. The van der Waals surface area contributed by atoms with Gasteiger partial charge in [-0.25, -0.2) is 9.18 Å². The average Bonchev–Trinajstić information content (AvgIpc) is 2.73. The molecule has 3 N–H and O–H groups in total. The molecule has 180 valence electrons. The number of halogens is 5. The van der Waals surface area contributed by atoms with Gasteiger partial charge in [-0.3, -0.25) is 4.98 Å². The molecule has 3 rings (SSSR count). The van der Waals surface area contributed by atoms with E-state index >= 15 is 4.39 Å². The van der Waals surface area contributed by atoms with Crippen molar-refractivity contribution < 1.29 is 32.6 Å². The summed E-state index contributed by atoms with van der Waals surface area (Å²) < 4.78 is 54.3. The van der Waals surface area contributed by atoms with Crippen LogP contribution in [0.1, 0.15) is 35.2 Å². The lowest BCUT2D eigenvalue weighted by atomic mass is 9.89. The van der Waals surface area contributed by atoms with E-state index in [1.165, 1.54) is 36.2 Å². The summed E-state index contributed by atoms with van der Waals surface area (Å²) in [6.07, 6.45) is -4.04. The Kier molecular flexibility index (Phi) is 7.50. The lowest BCUT2D eigenvalue weighted by Gasteiger charge is -2.36. The zero-order chi connectivity index (χ0) is 24.4. The van der Waals surface area contributed by atoms with Crippen molar-refractivity contribution in [2.75, 3.05) is 25.0 Å². The van der Waals surface area contributed by atoms with Gasteiger partial charge in [0.1, 0.15) is 0 Å². The van der Waals surface area contributed by atoms with Crippen molar-refractivity contribution in [1.82, 2.24) is 9.88 Å². The number of aromatic nitrogens is 1. The molecule has 1 aromatic carbocycles. The molecule has 2 heterocycles. The normalized spacial score (nSPS) is 17.0. The number of aliphatic hydroxyl groups excluding tert-OH is 2. The number of hydrogen-bond donors (Lipinski definition) is 3. The molecule has 1 atom stereocenters. The molecule has 2 aromatic rings. The Morgan fingerprint density at radius 1 is 1.30 bits per heavy atom. The van der Waals surface area contributed by atoms with Gasteiger partial charge in [-0.1, -0.05) is 11.6 Å². The summed E-state index contributed by atoms with van der Waals surface area (Å²) in [5.41, 5.74) is -1.83. The molecule has 0 unspecified atom stereocenters. The van der Waals surface area contributed by atoms with E-state index in [4.69, 9.17) is 16.7 Å². The molecular weight excluding hydrogens is 466 g/mol. The number of pyridine rings is 1. The van der Waals surface area contributed by atoms with Crippen molar-refractivity contribution in [3.63, 3.8) is 0 Å². The number of carbonyl (C=O) groups excluding carboxylic acids is 1. The van der Waals surface area contributed by atoms with E-state index in [2.05, 4.69) is 10.3 Å². The van der Waals surface area contributed by atoms with Crippen molar-refractivity contribution in [3.05, 3.63) is 57.9 Å². The number of carbonyl (C=O) groups is 1. The number of likely N-dealkylation sites (tertiary alicyclic amines) is 1. The monoisotopic (exact) mass is 489 g/mol. The minimum absolute atomic E-state index is 0.0163. The van der Waals surface area contributed by atoms with Gasteiger partial charge in [0.2, 0.25) is 0 Å². The maximum absolute atomic E-state index is 15.6. The van der Waals surface area contributed by atoms with E-state index in [9.17, 15) is 23.1 Å². The third-order valence-corrected chi connectivity index (χ3v) is 5.92. The van der Waals surface area contributed by atoms with Gasteiger partial charge in [0.15, 0.2) is 5.67 Å². The van der Waals surface area contributed by atoms with Crippen LogP contribution >= 0.6 is 11.6 Å². The van der Waals surface area contributed by atoms with Crippen molar-refractivity contribution in [1.29, 1.82) is 0 Å². The number of nitrogens with zero attached hydrogens (tertiary/aromatic N) is 2. The third kappa shape index (κ3) is 5.93. The van der Waals surface area contributed by atoms with Gasteiger partial charge in [-0.2, -0.15) is 13.2 Å². The zero-order valence-corrected chi connectivity index (χ0v) is 18.5. The van der Waals surface area contributed by atoms with Gasteiger partial charge in [-0.05, 0) is 42.3 Å². The van der Waals surface area contributed by atoms with E-state index in [1.807, 2.05) is 0 Å². The first kappa shape index (κ1) is 25.2. The van der Waals surface area contributed by atoms with E-state index in [-0.39, 0.29) is 54.3 Å². The smallest absolute Gasteiger partial charge is 0.394 e. The molecule has 1 aliphatic rings. The predicted octanol–water partition coefficient (Wildman–Crippen LogP) is 4.45. The van der Waals surface area contributed by atoms with Gasteiger partial charge in [0, 0.05) is 44.2 Å². The van der Waals surface area contributed by atoms with Crippen molar-refractivity contribution in [2.24, 2.45) is 0 Å². The second-order valence-electron chi connectivity index (χ2n) is 8.12. The number of amides is 2. The summed E-state index contributed by atoms with van der Waals surface area (Å²) in [7, 11) is 0. The first-order chi connectivity index (χ1) is 15.4. The molecule has 0 radical (unpaired) electrons. The fourth-order valence-electron chi connectivity index (χ4n) is 3.82. The predicted molar refractivity (Wildman–Crippen MR) is 115 cm³/mol. The molecule has 33 heavy (non-hydrogen) atoms. The maximum Gasteiger partial charge on any atom is 0.416 e. The lowest BCUT2D eigenvalue weighted by molar-refractivity contribution is -0.138. The zero-order valence-electron chi connectivity index (χ0n) is 17.8. The van der Waals surface area contributed by atoms with Crippen molar-refractivity contribution in [3.8, 4) is 0 Å². The Balaban J connectivity index is 1.63. The Labute approximate surface area is 193 Å². The molecule has 1 saturated heterocycles. The van der Waals surface area contributed by atoms with Crippen LogP contribution in [0.2, 0.25) is 5.02 Å². The molecule has 0 bridgehead atoms.